The number of piperazine rings is 1. The number of pyridine rings is 1. The summed E-state index contributed by atoms with van der Waals surface area (Å²) >= 11 is 0. The molecule has 3 aromatic rings. The molecule has 0 unspecified atom stereocenters. The number of carbonyl (C=O) groups is 3. The average molecular weight is 563 g/mol. The number of furan rings is 1. The van der Waals surface area contributed by atoms with E-state index < -0.39 is 17.3 Å². The molecule has 1 saturated heterocycles. The van der Waals surface area contributed by atoms with E-state index in [0.717, 1.165) is 16.9 Å². The third-order valence-corrected chi connectivity index (χ3v) is 6.27. The standard InChI is InChI=1S/C31H38N4O6/c1-30(2,3)40-28(37)33-25-9-7-21(23-11-16-39-20-23)17-24(25)18-26(36)22-8-10-27(32-19-22)34-12-14-35(15-13-34)29(38)41-31(4,5)6/h7-11,16-17,19-20H,12-15,18H2,1-6H3,(H,33,37). The zero-order chi connectivity index (χ0) is 29.8. The van der Waals surface area contributed by atoms with E-state index in [-0.39, 0.29) is 18.3 Å². The Morgan fingerprint density at radius 2 is 1.61 bits per heavy atom. The summed E-state index contributed by atoms with van der Waals surface area (Å²) in [6, 6.07) is 10.9. The van der Waals surface area contributed by atoms with Crippen LogP contribution in [0, 0.1) is 0 Å². The van der Waals surface area contributed by atoms with Gasteiger partial charge < -0.3 is 23.7 Å². The van der Waals surface area contributed by atoms with Crippen LogP contribution < -0.4 is 10.2 Å². The quantitative estimate of drug-likeness (QED) is 0.355. The Labute approximate surface area is 240 Å². The summed E-state index contributed by atoms with van der Waals surface area (Å²) in [5.74, 6) is 0.593. The van der Waals surface area contributed by atoms with Crippen molar-refractivity contribution in [2.75, 3.05) is 36.4 Å². The number of nitrogens with zero attached hydrogens (tertiary/aromatic N) is 3. The van der Waals surface area contributed by atoms with Crippen molar-refractivity contribution in [2.24, 2.45) is 0 Å². The molecule has 1 fully saturated rings. The fourth-order valence-corrected chi connectivity index (χ4v) is 4.34. The molecule has 0 radical (unpaired) electrons. The predicted octanol–water partition coefficient (Wildman–Crippen LogP) is 6.17. The highest BCUT2D eigenvalue weighted by atomic mass is 16.6. The Hall–Kier alpha value is -4.34. The maximum absolute atomic E-state index is 13.3. The maximum atomic E-state index is 13.3. The molecule has 1 aromatic carbocycles. The van der Waals surface area contributed by atoms with Crippen molar-refractivity contribution in [1.82, 2.24) is 9.88 Å². The number of aromatic nitrogens is 1. The fourth-order valence-electron chi connectivity index (χ4n) is 4.34. The smallest absolute Gasteiger partial charge is 0.412 e. The van der Waals surface area contributed by atoms with Crippen LogP contribution in [0.2, 0.25) is 0 Å². The SMILES string of the molecule is CC(C)(C)OC(=O)Nc1ccc(-c2ccoc2)cc1CC(=O)c1ccc(N2CCN(C(=O)OC(C)(C)C)CC2)nc1. The topological polar surface area (TPSA) is 114 Å². The summed E-state index contributed by atoms with van der Waals surface area (Å²) in [4.78, 5) is 46.5. The van der Waals surface area contributed by atoms with Gasteiger partial charge in [-0.05, 0) is 83.0 Å². The third-order valence-electron chi connectivity index (χ3n) is 6.27. The number of hydrogen-bond acceptors (Lipinski definition) is 8. The normalized spacial score (nSPS) is 14.0. The van der Waals surface area contributed by atoms with Crippen LogP contribution in [-0.2, 0) is 15.9 Å². The van der Waals surface area contributed by atoms with E-state index in [1.165, 1.54) is 0 Å². The van der Waals surface area contributed by atoms with E-state index in [1.54, 1.807) is 56.5 Å². The van der Waals surface area contributed by atoms with Crippen LogP contribution in [-0.4, -0.2) is 65.2 Å². The largest absolute Gasteiger partial charge is 0.472 e. The van der Waals surface area contributed by atoms with Crippen LogP contribution in [0.4, 0.5) is 21.1 Å². The zero-order valence-electron chi connectivity index (χ0n) is 24.5. The predicted molar refractivity (Wildman–Crippen MR) is 156 cm³/mol. The summed E-state index contributed by atoms with van der Waals surface area (Å²) < 4.78 is 16.1. The Kier molecular flexibility index (Phi) is 8.70. The van der Waals surface area contributed by atoms with Crippen molar-refractivity contribution < 1.29 is 28.3 Å². The lowest BCUT2D eigenvalue weighted by molar-refractivity contribution is 0.0240. The molecule has 4 rings (SSSR count). The van der Waals surface area contributed by atoms with Gasteiger partial charge >= 0.3 is 12.2 Å². The minimum atomic E-state index is -0.660. The molecule has 0 spiro atoms. The van der Waals surface area contributed by atoms with Crippen molar-refractivity contribution in [2.45, 2.75) is 59.2 Å². The van der Waals surface area contributed by atoms with Gasteiger partial charge in [-0.1, -0.05) is 6.07 Å². The van der Waals surface area contributed by atoms with Crippen LogP contribution >= 0.6 is 0 Å². The molecule has 0 aliphatic carbocycles. The second-order valence-electron chi connectivity index (χ2n) is 12.0. The number of amides is 2. The highest BCUT2D eigenvalue weighted by Gasteiger charge is 2.26. The van der Waals surface area contributed by atoms with Gasteiger partial charge in [0.05, 0.1) is 12.5 Å². The minimum absolute atomic E-state index is 0.0480. The summed E-state index contributed by atoms with van der Waals surface area (Å²) in [6.07, 6.45) is 3.91. The van der Waals surface area contributed by atoms with Crippen molar-refractivity contribution >= 4 is 29.5 Å². The van der Waals surface area contributed by atoms with E-state index >= 15 is 0 Å². The highest BCUT2D eigenvalue weighted by molar-refractivity contribution is 5.99. The van der Waals surface area contributed by atoms with Gasteiger partial charge in [0.25, 0.3) is 0 Å². The monoisotopic (exact) mass is 562 g/mol. The number of nitrogens with one attached hydrogen (secondary N) is 1. The number of anilines is 2. The van der Waals surface area contributed by atoms with Gasteiger partial charge in [-0.25, -0.2) is 14.6 Å². The van der Waals surface area contributed by atoms with Crippen LogP contribution in [0.1, 0.15) is 57.5 Å². The molecule has 218 valence electrons. The number of carbonyl (C=O) groups excluding carboxylic acids is 3. The molecular formula is C31H38N4O6. The second kappa shape index (κ2) is 12.0. The van der Waals surface area contributed by atoms with E-state index in [9.17, 15) is 14.4 Å². The maximum Gasteiger partial charge on any atom is 0.412 e. The van der Waals surface area contributed by atoms with Gasteiger partial charge in [0.2, 0.25) is 0 Å². The van der Waals surface area contributed by atoms with Crippen LogP contribution in [0.5, 0.6) is 0 Å². The molecule has 0 atom stereocenters. The van der Waals surface area contributed by atoms with Gasteiger partial charge in [0.15, 0.2) is 5.78 Å². The van der Waals surface area contributed by atoms with E-state index in [4.69, 9.17) is 13.9 Å². The molecular weight excluding hydrogens is 524 g/mol. The Morgan fingerprint density at radius 1 is 0.902 bits per heavy atom. The molecule has 1 aliphatic rings. The molecule has 2 aromatic heterocycles. The molecule has 10 heteroatoms. The Bertz CT molecular complexity index is 1360. The molecule has 10 nitrogen and oxygen atoms in total. The molecule has 0 bridgehead atoms. The molecule has 2 amide bonds. The summed E-state index contributed by atoms with van der Waals surface area (Å²) in [6.45, 7) is 13.2. The molecule has 1 N–H and O–H groups in total. The van der Waals surface area contributed by atoms with Crippen molar-refractivity contribution in [1.29, 1.82) is 0 Å². The lowest BCUT2D eigenvalue weighted by Crippen LogP contribution is -2.50. The number of benzene rings is 1. The molecule has 41 heavy (non-hydrogen) atoms. The van der Waals surface area contributed by atoms with E-state index in [2.05, 4.69) is 15.2 Å². The summed E-state index contributed by atoms with van der Waals surface area (Å²) in [7, 11) is 0. The first kappa shape index (κ1) is 29.6. The van der Waals surface area contributed by atoms with Crippen molar-refractivity contribution in [3.05, 3.63) is 66.2 Å². The molecule has 3 heterocycles. The number of Topliss-reactive ketones (excluding diaryl/α,β-unsaturated/α-hetero) is 1. The highest BCUT2D eigenvalue weighted by Crippen LogP contribution is 2.28. The Morgan fingerprint density at radius 3 is 2.20 bits per heavy atom. The fraction of sp³-hybridized carbons (Fsp3) is 0.419. The van der Waals surface area contributed by atoms with E-state index in [0.29, 0.717) is 43.0 Å². The first-order valence-electron chi connectivity index (χ1n) is 13.6. The lowest BCUT2D eigenvalue weighted by atomic mass is 9.98. The first-order valence-corrected chi connectivity index (χ1v) is 13.6. The van der Waals surface area contributed by atoms with Gasteiger partial charge in [-0.2, -0.15) is 0 Å². The van der Waals surface area contributed by atoms with Gasteiger partial charge in [-0.15, -0.1) is 0 Å². The van der Waals surface area contributed by atoms with Crippen molar-refractivity contribution in [3.63, 3.8) is 0 Å². The Balaban J connectivity index is 1.44. The van der Waals surface area contributed by atoms with Crippen molar-refractivity contribution in [3.8, 4) is 11.1 Å². The van der Waals surface area contributed by atoms with Crippen LogP contribution in [0.15, 0.2) is 59.5 Å². The van der Waals surface area contributed by atoms with Gasteiger partial charge in [0.1, 0.15) is 17.0 Å². The van der Waals surface area contributed by atoms with Gasteiger partial charge in [0, 0.05) is 55.6 Å². The van der Waals surface area contributed by atoms with Crippen LogP contribution in [0.25, 0.3) is 11.1 Å². The minimum Gasteiger partial charge on any atom is -0.472 e. The third kappa shape index (κ3) is 8.33. The number of ether oxygens (including phenoxy) is 2. The first-order chi connectivity index (χ1) is 19.3. The average Bonchev–Trinajstić information content (AvgIpc) is 3.43. The molecule has 0 saturated carbocycles. The number of rotatable bonds is 6. The number of ketones is 1. The van der Waals surface area contributed by atoms with Crippen LogP contribution in [0.3, 0.4) is 0 Å². The second-order valence-corrected chi connectivity index (χ2v) is 12.0. The van der Waals surface area contributed by atoms with Gasteiger partial charge in [-0.3, -0.25) is 10.1 Å². The lowest BCUT2D eigenvalue weighted by Gasteiger charge is -2.36. The zero-order valence-corrected chi connectivity index (χ0v) is 24.5. The van der Waals surface area contributed by atoms with E-state index in [1.807, 2.05) is 45.0 Å². The molecule has 1 aliphatic heterocycles. The number of hydrogen-bond donors (Lipinski definition) is 1. The summed E-state index contributed by atoms with van der Waals surface area (Å²) in [5.41, 5.74) is 2.11. The summed E-state index contributed by atoms with van der Waals surface area (Å²) in [5, 5.41) is 2.78.